The highest BCUT2D eigenvalue weighted by molar-refractivity contribution is 5.80. The van der Waals surface area contributed by atoms with E-state index in [0.29, 0.717) is 44.9 Å². The average molecular weight is 1990 g/mol. The Morgan fingerprint density at radius 1 is 0.507 bits per heavy atom. The molecule has 13 rings (SSSR count). The van der Waals surface area contributed by atoms with Gasteiger partial charge in [0.1, 0.15) is 152 Å². The molecule has 4 saturated carbocycles. The van der Waals surface area contributed by atoms with Crippen LogP contribution in [0.1, 0.15) is 179 Å². The van der Waals surface area contributed by atoms with Crippen molar-refractivity contribution in [3.8, 4) is 0 Å². The van der Waals surface area contributed by atoms with Crippen LogP contribution in [0.2, 0.25) is 0 Å². The van der Waals surface area contributed by atoms with E-state index in [1.165, 1.54) is 13.8 Å². The van der Waals surface area contributed by atoms with Crippen LogP contribution in [0.5, 0.6) is 0 Å². The van der Waals surface area contributed by atoms with Gasteiger partial charge in [-0.15, -0.1) is 0 Å². The molecule has 13 aliphatic rings. The normalized spacial score (nSPS) is 48.7. The minimum Gasteiger partial charge on any atom is -0.479 e. The summed E-state index contributed by atoms with van der Waals surface area (Å²) in [4.78, 5) is 72.7. The van der Waals surface area contributed by atoms with E-state index in [2.05, 4.69) is 19.9 Å². The van der Waals surface area contributed by atoms with Crippen LogP contribution in [0.15, 0.2) is 11.6 Å². The topological polar surface area (TPSA) is 717 Å². The lowest BCUT2D eigenvalue weighted by atomic mass is 9.33. The molecule has 12 fully saturated rings. The van der Waals surface area contributed by atoms with Crippen LogP contribution in [-0.4, -0.2) is 439 Å². The molecule has 0 aromatic heterocycles. The highest BCUT2D eigenvalue weighted by Crippen LogP contribution is 2.76. The van der Waals surface area contributed by atoms with Gasteiger partial charge in [0.2, 0.25) is 6.29 Å². The van der Waals surface area contributed by atoms with E-state index in [-0.39, 0.29) is 43.9 Å². The van der Waals surface area contributed by atoms with E-state index < -0.39 is 384 Å². The Kier molecular flexibility index (Phi) is 35.5. The van der Waals surface area contributed by atoms with Gasteiger partial charge in [-0.05, 0) is 123 Å². The van der Waals surface area contributed by atoms with Gasteiger partial charge >= 0.3 is 23.9 Å². The molecule has 0 radical (unpaired) electrons. The standard InChI is InChI=1S/C92H148O46/c1-13-36(3)46(126-54(102)25-41(98)24-47(37(4)14-2)127-80-63(111)59(107)49(30-94)128-80)23-40(97)26-55(103)131-70-56(104)38(5)124-82(73(70)136-79-65(113)61(109)68(39(6)125-79)132-78-67(115)69(45(100)32-122-78)133-84-75(116)91(120,34-96)35-123-84)138-85(119)92-22-21-86(7,8)27-43(92)42-15-16-51-87(9)19-18-53(88(10,33-95)50(87)17-20-89(51,11)90(42,12)28-52(92)101)130-83-74(137-81-64(112)60(108)58(106)48(29-93)129-81)71(66(114)72(135-83)76(117)118)134-77-62(110)57(105)44(99)31-121-77/h15,33,36-41,43-53,56-75,77-84,93-94,96-101,104-116,120H,13-14,16-32,34-35H2,1-12H3,(H,117,118)/t36-,37-,38+,39-,40-,41-,43-,44+,45+,46-,47-,48+,49-,50+,51+,52+,53-,56-,57-,58-,59-,60-,61-,62+,63+,64+,65+,66-,67+,68-,69-,70-,71-,72-,73+,74+,75-,77-,78-,79-,80+,81-,82-,83+,84-,87-,88-,89+,90+,91+,92+/m0/s1. The average Bonchev–Trinajstić information content (AvgIpc) is 0.696. The van der Waals surface area contributed by atoms with E-state index in [4.69, 9.17) is 85.3 Å². The van der Waals surface area contributed by atoms with Crippen LogP contribution >= 0.6 is 0 Å². The molecule has 46 heteroatoms. The van der Waals surface area contributed by atoms with Crippen molar-refractivity contribution in [2.45, 2.75) is 431 Å². The first-order chi connectivity index (χ1) is 64.8. The van der Waals surface area contributed by atoms with Crippen molar-refractivity contribution < 1.29 is 227 Å². The van der Waals surface area contributed by atoms with E-state index in [0.717, 1.165) is 11.9 Å². The number of aliphatic carboxylic acids is 1. The summed E-state index contributed by atoms with van der Waals surface area (Å²) in [5.74, 6) is -7.44. The summed E-state index contributed by atoms with van der Waals surface area (Å²) in [6, 6.07) is 0. The Labute approximate surface area is 797 Å². The Morgan fingerprint density at radius 2 is 1.06 bits per heavy atom. The van der Waals surface area contributed by atoms with Gasteiger partial charge in [-0.1, -0.05) is 93.7 Å². The molecule has 8 heterocycles. The Morgan fingerprint density at radius 3 is 1.68 bits per heavy atom. The number of hydrogen-bond donors (Lipinski definition) is 23. The SMILES string of the molecule is CC[C@H](C)[C@H](C[C@H](O)CC(=O)O[C@H]1[C@@H](O)[C@@H](C)O[C@@H](OC(=O)[C@]23CCC(C)(C)C[C@H]2C2=CC[C@@H]4[C@@]5(C)CC[C@H](O[C@@H]6O[C@H](C(=O)O)[C@@H](O)[C@H](O[C@@H]7OC[C@@H](O)[C@H](O)[C@H]7O)[C@H]6O[C@@H]6O[C@H](CO)[C@H](O)[C@H](O)[C@H]6O)[C@@](C)(C=O)[C@@H]5CC[C@@]4(C)[C@]2(C)C[C@H]3O)[C@@H]1O[C@@H]1O[C@@H](C)[C@H](O[C@@H]2OC[C@@H](O)[C@H](O[C@@H]3OC[C@](O)(CO)[C@H]3O)[C@H]2O)[C@@H](O)[C@H]1O)OC(=O)C[C@@H](O)C[C@H](O[C@@H]1O[C@@H](CO)[C@H](O)[C@H]1O)[C@@H](C)CC. The number of carboxylic acids is 1. The zero-order chi connectivity index (χ0) is 101. The fourth-order valence-electron chi connectivity index (χ4n) is 24.1. The van der Waals surface area contributed by atoms with Crippen molar-refractivity contribution in [3.63, 3.8) is 0 Å². The molecule has 8 aliphatic heterocycles. The summed E-state index contributed by atoms with van der Waals surface area (Å²) in [5.41, 5.74) is -7.79. The predicted molar refractivity (Wildman–Crippen MR) is 458 cm³/mol. The van der Waals surface area contributed by atoms with E-state index >= 15 is 4.79 Å². The van der Waals surface area contributed by atoms with Crippen LogP contribution in [0.25, 0.3) is 0 Å². The molecule has 0 aromatic carbocycles. The quantitative estimate of drug-likeness (QED) is 0.00924. The van der Waals surface area contributed by atoms with Gasteiger partial charge in [0.25, 0.3) is 0 Å². The molecule has 0 spiro atoms. The number of aldehydes is 1. The predicted octanol–water partition coefficient (Wildman–Crippen LogP) is -5.69. The molecule has 46 nitrogen and oxygen atoms in total. The minimum atomic E-state index is -2.27. The fraction of sp³-hybridized carbons (Fsp3) is 0.924. The van der Waals surface area contributed by atoms with E-state index in [1.54, 1.807) is 27.7 Å². The first-order valence-corrected chi connectivity index (χ1v) is 48.3. The minimum absolute atomic E-state index is 0.00157. The number of ether oxygens (including phenoxy) is 18. The summed E-state index contributed by atoms with van der Waals surface area (Å²) in [6.45, 7) is 17.5. The van der Waals surface area contributed by atoms with Crippen molar-refractivity contribution >= 4 is 30.2 Å². The third kappa shape index (κ3) is 21.4. The largest absolute Gasteiger partial charge is 0.479 e. The lowest BCUT2D eigenvalue weighted by molar-refractivity contribution is -0.391. The van der Waals surface area contributed by atoms with Crippen molar-refractivity contribution in [1.29, 1.82) is 0 Å². The van der Waals surface area contributed by atoms with Gasteiger partial charge < -0.3 is 208 Å². The van der Waals surface area contributed by atoms with Crippen LogP contribution in [0.4, 0.5) is 0 Å². The Hall–Kier alpha value is -4.19. The monoisotopic (exact) mass is 1990 g/mol. The third-order valence-electron chi connectivity index (χ3n) is 33.3. The first kappa shape index (κ1) is 111. The molecule has 792 valence electrons. The smallest absolute Gasteiger partial charge is 0.335 e. The highest BCUT2D eigenvalue weighted by Gasteiger charge is 2.74. The summed E-state index contributed by atoms with van der Waals surface area (Å²) >= 11 is 0. The molecule has 138 heavy (non-hydrogen) atoms. The number of fused-ring (bicyclic) bond motifs is 7. The Bertz CT molecular complexity index is 4100. The summed E-state index contributed by atoms with van der Waals surface area (Å²) in [5, 5.41) is 256. The zero-order valence-electron chi connectivity index (χ0n) is 79.7. The Balaban J connectivity index is 0.763. The van der Waals surface area contributed by atoms with Gasteiger partial charge in [0, 0.05) is 12.8 Å². The molecule has 8 saturated heterocycles. The van der Waals surface area contributed by atoms with Crippen LogP contribution < -0.4 is 0 Å². The summed E-state index contributed by atoms with van der Waals surface area (Å²) in [7, 11) is 0. The van der Waals surface area contributed by atoms with E-state index in [1.807, 2.05) is 27.7 Å². The second kappa shape index (κ2) is 44.1. The third-order valence-corrected chi connectivity index (χ3v) is 33.3. The van der Waals surface area contributed by atoms with Gasteiger partial charge in [-0.25, -0.2) is 4.79 Å². The van der Waals surface area contributed by atoms with Crippen molar-refractivity contribution in [1.82, 2.24) is 0 Å². The molecule has 51 atom stereocenters. The van der Waals surface area contributed by atoms with Gasteiger partial charge in [0.05, 0.1) is 101 Å². The van der Waals surface area contributed by atoms with Crippen LogP contribution in [0.3, 0.4) is 0 Å². The van der Waals surface area contributed by atoms with Gasteiger partial charge in [-0.3, -0.25) is 14.4 Å². The van der Waals surface area contributed by atoms with Crippen molar-refractivity contribution in [3.05, 3.63) is 11.6 Å². The number of allylic oxidation sites excluding steroid dienone is 2. The number of aliphatic hydroxyl groups excluding tert-OH is 21. The second-order valence-corrected chi connectivity index (χ2v) is 42.6. The number of aliphatic hydroxyl groups is 22. The van der Waals surface area contributed by atoms with Crippen LogP contribution in [-0.2, 0) is 109 Å². The lowest BCUT2D eigenvalue weighted by Gasteiger charge is -2.71. The summed E-state index contributed by atoms with van der Waals surface area (Å²) < 4.78 is 109. The molecule has 0 unspecified atom stereocenters. The molecular formula is C92H148O46. The lowest BCUT2D eigenvalue weighted by Crippen LogP contribution is -2.69. The van der Waals surface area contributed by atoms with E-state index in [9.17, 15) is 137 Å². The summed E-state index contributed by atoms with van der Waals surface area (Å²) in [6.07, 6.45) is -67.2. The number of rotatable bonds is 35. The second-order valence-electron chi connectivity index (χ2n) is 42.6. The maximum Gasteiger partial charge on any atom is 0.335 e. The fourth-order valence-corrected chi connectivity index (χ4v) is 24.1. The number of esters is 3. The molecule has 0 amide bonds. The molecule has 23 N–H and O–H groups in total. The van der Waals surface area contributed by atoms with Crippen molar-refractivity contribution in [2.24, 2.45) is 62.1 Å². The number of carbonyl (C=O) groups is 5. The maximum absolute atomic E-state index is 16.5. The molecule has 0 aromatic rings. The van der Waals surface area contributed by atoms with Gasteiger partial charge in [-0.2, -0.15) is 0 Å². The van der Waals surface area contributed by atoms with Crippen molar-refractivity contribution in [2.75, 3.05) is 39.6 Å². The molecule has 5 aliphatic carbocycles. The first-order valence-electron chi connectivity index (χ1n) is 48.3. The number of carboxylic acid groups (broad SMARTS) is 1. The number of carbonyl (C=O) groups excluding carboxylic acids is 4. The maximum atomic E-state index is 16.5. The van der Waals surface area contributed by atoms with Gasteiger partial charge in [0.15, 0.2) is 62.3 Å². The molecular weight excluding hydrogens is 1840 g/mol. The van der Waals surface area contributed by atoms with Crippen LogP contribution in [0, 0.1) is 62.1 Å². The molecule has 0 bridgehead atoms. The highest BCUT2D eigenvalue weighted by atomic mass is 16.8. The zero-order valence-corrected chi connectivity index (χ0v) is 79.7. The number of hydrogen-bond acceptors (Lipinski definition) is 45.